The highest BCUT2D eigenvalue weighted by Gasteiger charge is 1.85. The van der Waals surface area contributed by atoms with Gasteiger partial charge in [0.1, 0.15) is 5.15 Å². The van der Waals surface area contributed by atoms with E-state index < -0.39 is 0 Å². The summed E-state index contributed by atoms with van der Waals surface area (Å²) >= 11 is 5.42. The van der Waals surface area contributed by atoms with Gasteiger partial charge in [-0.3, -0.25) is 0 Å². The number of halogens is 1. The highest BCUT2D eigenvalue weighted by atomic mass is 35.5. The average Bonchev–Trinajstić information content (AvgIpc) is 1.64. The van der Waals surface area contributed by atoms with Gasteiger partial charge >= 0.3 is 0 Å². The van der Waals surface area contributed by atoms with Crippen molar-refractivity contribution in [3.05, 3.63) is 23.5 Å². The van der Waals surface area contributed by atoms with Crippen LogP contribution in [0.3, 0.4) is 0 Å². The first-order valence-corrected chi connectivity index (χ1v) is 2.46. The van der Waals surface area contributed by atoms with Crippen LogP contribution in [0.1, 0.15) is 0 Å². The maximum absolute atomic E-state index is 5.42. The minimum atomic E-state index is 0.380. The molecule has 0 aliphatic carbocycles. The molecule has 1 rings (SSSR count). The van der Waals surface area contributed by atoms with Crippen molar-refractivity contribution in [2.24, 2.45) is 0 Å². The minimum absolute atomic E-state index is 0.380. The van der Waals surface area contributed by atoms with E-state index in [1.807, 2.05) is 0 Å². The van der Waals surface area contributed by atoms with E-state index in [9.17, 15) is 0 Å². The fourth-order valence-corrected chi connectivity index (χ4v) is 0.555. The number of anilines is 1. The molecule has 0 amide bonds. The van der Waals surface area contributed by atoms with Crippen molar-refractivity contribution < 1.29 is 0 Å². The molecule has 1 aromatic heterocycles. The molecule has 1 aromatic rings. The molecule has 2 nitrogen and oxygen atoms in total. The SMILES string of the molecule is Nc1c[c]nc(Cl)c1. The van der Waals surface area contributed by atoms with Gasteiger partial charge in [0, 0.05) is 5.69 Å². The van der Waals surface area contributed by atoms with Crippen LogP contribution in [-0.4, -0.2) is 4.98 Å². The minimum Gasteiger partial charge on any atom is -0.399 e. The Morgan fingerprint density at radius 3 is 2.88 bits per heavy atom. The molecular weight excluding hydrogens is 124 g/mol. The van der Waals surface area contributed by atoms with Crippen molar-refractivity contribution in [3.8, 4) is 0 Å². The Bertz CT molecular complexity index is 170. The molecule has 0 atom stereocenters. The maximum atomic E-state index is 5.42. The van der Waals surface area contributed by atoms with Gasteiger partial charge in [-0.25, -0.2) is 4.98 Å². The predicted octanol–water partition coefficient (Wildman–Crippen LogP) is 1.12. The van der Waals surface area contributed by atoms with Crippen LogP contribution in [-0.2, 0) is 0 Å². The Balaban J connectivity index is 3.08. The second kappa shape index (κ2) is 2.01. The quantitative estimate of drug-likeness (QED) is 0.531. The maximum Gasteiger partial charge on any atom is 0.131 e. The van der Waals surface area contributed by atoms with Crippen LogP contribution in [0.5, 0.6) is 0 Å². The van der Waals surface area contributed by atoms with E-state index in [1.165, 1.54) is 0 Å². The number of rotatable bonds is 0. The first-order valence-electron chi connectivity index (χ1n) is 2.08. The second-order valence-electron chi connectivity index (χ2n) is 1.35. The number of aromatic nitrogens is 1. The number of nitrogen functional groups attached to an aromatic ring is 1. The number of nitrogens with two attached hydrogens (primary N) is 1. The molecule has 8 heavy (non-hydrogen) atoms. The summed E-state index contributed by atoms with van der Waals surface area (Å²) in [7, 11) is 0. The van der Waals surface area contributed by atoms with Crippen molar-refractivity contribution in [2.75, 3.05) is 5.73 Å². The molecule has 2 N–H and O–H groups in total. The molecule has 1 radical (unpaired) electrons. The lowest BCUT2D eigenvalue weighted by Crippen LogP contribution is -1.83. The predicted molar refractivity (Wildman–Crippen MR) is 32.5 cm³/mol. The van der Waals surface area contributed by atoms with E-state index in [4.69, 9.17) is 17.3 Å². The zero-order chi connectivity index (χ0) is 5.98. The highest BCUT2D eigenvalue weighted by molar-refractivity contribution is 6.29. The largest absolute Gasteiger partial charge is 0.399 e. The van der Waals surface area contributed by atoms with Gasteiger partial charge in [-0.1, -0.05) is 11.6 Å². The Hall–Kier alpha value is -0.760. The molecule has 0 aromatic carbocycles. The molecule has 3 heteroatoms. The molecular formula is C5H4ClN2. The Morgan fingerprint density at radius 1 is 1.75 bits per heavy atom. The molecule has 0 unspecified atom stereocenters. The van der Waals surface area contributed by atoms with Gasteiger partial charge in [-0.05, 0) is 12.1 Å². The summed E-state index contributed by atoms with van der Waals surface area (Å²) in [5.74, 6) is 0. The first kappa shape index (κ1) is 5.38. The lowest BCUT2D eigenvalue weighted by molar-refractivity contribution is 1.31. The molecule has 41 valence electrons. The Kier molecular flexibility index (Phi) is 1.35. The van der Waals surface area contributed by atoms with Crippen molar-refractivity contribution in [1.29, 1.82) is 0 Å². The molecule has 1 heterocycles. The third kappa shape index (κ3) is 1.10. The zero-order valence-corrected chi connectivity index (χ0v) is 4.81. The van der Waals surface area contributed by atoms with Crippen LogP contribution in [0.15, 0.2) is 12.1 Å². The van der Waals surface area contributed by atoms with Crippen molar-refractivity contribution in [2.45, 2.75) is 0 Å². The van der Waals surface area contributed by atoms with Crippen LogP contribution >= 0.6 is 11.6 Å². The molecule has 0 fully saturated rings. The number of nitrogens with zero attached hydrogens (tertiary/aromatic N) is 1. The zero-order valence-electron chi connectivity index (χ0n) is 4.06. The highest BCUT2D eigenvalue weighted by Crippen LogP contribution is 2.06. The standard InChI is InChI=1S/C5H4ClN2/c6-5-3-4(7)1-2-8-5/h1,3H,(H2,7,8). The molecule has 0 saturated carbocycles. The van der Waals surface area contributed by atoms with Crippen LogP contribution in [0.2, 0.25) is 5.15 Å². The van der Waals surface area contributed by atoms with Crippen molar-refractivity contribution in [3.63, 3.8) is 0 Å². The van der Waals surface area contributed by atoms with Crippen molar-refractivity contribution in [1.82, 2.24) is 4.98 Å². The van der Waals surface area contributed by atoms with E-state index in [0.717, 1.165) is 0 Å². The summed E-state index contributed by atoms with van der Waals surface area (Å²) in [5.41, 5.74) is 5.89. The smallest absolute Gasteiger partial charge is 0.131 e. The summed E-state index contributed by atoms with van der Waals surface area (Å²) in [4.78, 5) is 3.60. The number of hydrogen-bond donors (Lipinski definition) is 1. The van der Waals surface area contributed by atoms with Crippen LogP contribution < -0.4 is 5.73 Å². The van der Waals surface area contributed by atoms with Crippen molar-refractivity contribution >= 4 is 17.3 Å². The van der Waals surface area contributed by atoms with Gasteiger partial charge < -0.3 is 5.73 Å². The van der Waals surface area contributed by atoms with Crippen LogP contribution in [0.4, 0.5) is 5.69 Å². The normalized spacial score (nSPS) is 9.12. The van der Waals surface area contributed by atoms with Crippen LogP contribution in [0, 0.1) is 6.20 Å². The van der Waals surface area contributed by atoms with Gasteiger partial charge in [-0.2, -0.15) is 0 Å². The fraction of sp³-hybridized carbons (Fsp3) is 0. The molecule has 0 aliphatic rings. The summed E-state index contributed by atoms with van der Waals surface area (Å²) < 4.78 is 0. The molecule has 0 saturated heterocycles. The van der Waals surface area contributed by atoms with E-state index in [1.54, 1.807) is 12.1 Å². The van der Waals surface area contributed by atoms with E-state index >= 15 is 0 Å². The molecule has 0 bridgehead atoms. The Labute approximate surface area is 52.3 Å². The molecule has 0 spiro atoms. The number of pyridine rings is 1. The topological polar surface area (TPSA) is 38.9 Å². The third-order valence-corrected chi connectivity index (χ3v) is 0.882. The fourth-order valence-electron chi connectivity index (χ4n) is 0.380. The lowest BCUT2D eigenvalue weighted by Gasteiger charge is -1.87. The van der Waals surface area contributed by atoms with E-state index in [-0.39, 0.29) is 0 Å². The van der Waals surface area contributed by atoms with Gasteiger partial charge in [0.2, 0.25) is 0 Å². The van der Waals surface area contributed by atoms with Gasteiger partial charge in [0.15, 0.2) is 0 Å². The Morgan fingerprint density at radius 2 is 2.50 bits per heavy atom. The summed E-state index contributed by atoms with van der Waals surface area (Å²) in [6.07, 6.45) is 2.52. The third-order valence-electron chi connectivity index (χ3n) is 0.688. The van der Waals surface area contributed by atoms with Crippen LogP contribution in [0.25, 0.3) is 0 Å². The second-order valence-corrected chi connectivity index (χ2v) is 1.74. The first-order chi connectivity index (χ1) is 3.79. The average molecular weight is 128 g/mol. The number of hydrogen-bond acceptors (Lipinski definition) is 2. The van der Waals surface area contributed by atoms with E-state index in [2.05, 4.69) is 11.2 Å². The van der Waals surface area contributed by atoms with E-state index in [0.29, 0.717) is 10.8 Å². The summed E-state index contributed by atoms with van der Waals surface area (Å²) in [5, 5.41) is 0.380. The van der Waals surface area contributed by atoms with Gasteiger partial charge in [0.25, 0.3) is 0 Å². The van der Waals surface area contributed by atoms with Gasteiger partial charge in [-0.15, -0.1) is 0 Å². The summed E-state index contributed by atoms with van der Waals surface area (Å²) in [6, 6.07) is 3.13. The molecule has 0 aliphatic heterocycles. The summed E-state index contributed by atoms with van der Waals surface area (Å²) in [6.45, 7) is 0. The monoisotopic (exact) mass is 127 g/mol. The lowest BCUT2D eigenvalue weighted by atomic mass is 10.4. The van der Waals surface area contributed by atoms with Gasteiger partial charge in [0.05, 0.1) is 6.20 Å².